The molecule has 0 bridgehead atoms. The van der Waals surface area contributed by atoms with Gasteiger partial charge in [-0.05, 0) is 29.8 Å². The molecular formula is C22H27N3O6S. The van der Waals surface area contributed by atoms with Crippen LogP contribution in [0.5, 0.6) is 5.75 Å². The van der Waals surface area contributed by atoms with E-state index >= 15 is 0 Å². The highest BCUT2D eigenvalue weighted by Gasteiger charge is 2.42. The number of amides is 2. The van der Waals surface area contributed by atoms with Gasteiger partial charge in [0.1, 0.15) is 11.8 Å². The molecule has 0 radical (unpaired) electrons. The topological polar surface area (TPSA) is 96.5 Å². The molecule has 1 unspecified atom stereocenters. The third kappa shape index (κ3) is 5.03. The summed E-state index contributed by atoms with van der Waals surface area (Å²) in [6.45, 7) is 0.423. The van der Waals surface area contributed by atoms with Gasteiger partial charge in [0.25, 0.3) is 0 Å². The third-order valence-corrected chi connectivity index (χ3v) is 7.25. The molecule has 2 aromatic rings. The van der Waals surface area contributed by atoms with Crippen molar-refractivity contribution in [1.82, 2.24) is 14.1 Å². The minimum absolute atomic E-state index is 0.0287. The second-order valence-electron chi connectivity index (χ2n) is 7.40. The molecule has 0 spiro atoms. The lowest BCUT2D eigenvalue weighted by Gasteiger charge is -2.40. The van der Waals surface area contributed by atoms with Crippen LogP contribution >= 0.6 is 0 Å². The molecule has 2 amide bonds. The highest BCUT2D eigenvalue weighted by atomic mass is 32.2. The zero-order valence-corrected chi connectivity index (χ0v) is 19.1. The molecule has 2 aromatic carbocycles. The van der Waals surface area contributed by atoms with Crippen molar-refractivity contribution in [2.75, 3.05) is 40.9 Å². The van der Waals surface area contributed by atoms with Gasteiger partial charge in [-0.3, -0.25) is 4.79 Å². The molecule has 1 saturated heterocycles. The fourth-order valence-electron chi connectivity index (χ4n) is 3.61. The van der Waals surface area contributed by atoms with E-state index in [0.717, 1.165) is 9.87 Å². The molecule has 0 saturated carbocycles. The molecule has 1 aliphatic rings. The lowest BCUT2D eigenvalue weighted by Crippen LogP contribution is -2.60. The molecule has 172 valence electrons. The normalized spacial score (nSPS) is 17.0. The molecule has 0 aliphatic carbocycles. The monoisotopic (exact) mass is 461 g/mol. The van der Waals surface area contributed by atoms with Crippen LogP contribution in [-0.2, 0) is 26.1 Å². The third-order valence-electron chi connectivity index (χ3n) is 5.33. The standard InChI is InChI=1S/C22H27N3O6S/c1-23(15-17-7-5-4-6-8-17)22(27)24-13-14-25(20(16-24)21(26)31-3)32(28,29)19-11-9-18(30-2)10-12-19/h4-12,20H,13-16H2,1-3H3. The van der Waals surface area contributed by atoms with E-state index < -0.39 is 22.0 Å². The van der Waals surface area contributed by atoms with E-state index in [0.29, 0.717) is 12.3 Å². The van der Waals surface area contributed by atoms with Gasteiger partial charge in [-0.2, -0.15) is 4.31 Å². The Morgan fingerprint density at radius 1 is 1.03 bits per heavy atom. The van der Waals surface area contributed by atoms with E-state index in [9.17, 15) is 18.0 Å². The van der Waals surface area contributed by atoms with Crippen LogP contribution in [0.25, 0.3) is 0 Å². The van der Waals surface area contributed by atoms with Crippen molar-refractivity contribution in [2.45, 2.75) is 17.5 Å². The van der Waals surface area contributed by atoms with Gasteiger partial charge in [-0.25, -0.2) is 13.2 Å². The molecule has 9 nitrogen and oxygen atoms in total. The molecule has 3 rings (SSSR count). The highest BCUT2D eigenvalue weighted by Crippen LogP contribution is 2.24. The lowest BCUT2D eigenvalue weighted by atomic mass is 10.2. The number of carbonyl (C=O) groups excluding carboxylic acids is 2. The first kappa shape index (κ1) is 23.6. The van der Waals surface area contributed by atoms with Gasteiger partial charge in [0, 0.05) is 33.2 Å². The summed E-state index contributed by atoms with van der Waals surface area (Å²) < 4.78 is 37.5. The van der Waals surface area contributed by atoms with Crippen LogP contribution in [-0.4, -0.2) is 81.5 Å². The van der Waals surface area contributed by atoms with Gasteiger partial charge in [0.05, 0.1) is 19.1 Å². The number of hydrogen-bond donors (Lipinski definition) is 0. The number of rotatable bonds is 6. The van der Waals surface area contributed by atoms with Crippen LogP contribution in [0.1, 0.15) is 5.56 Å². The Kier molecular flexibility index (Phi) is 7.37. The quantitative estimate of drug-likeness (QED) is 0.609. The summed E-state index contributed by atoms with van der Waals surface area (Å²) in [5, 5.41) is 0. The van der Waals surface area contributed by atoms with Crippen molar-refractivity contribution in [3.8, 4) is 5.75 Å². The van der Waals surface area contributed by atoms with Gasteiger partial charge in [0.2, 0.25) is 10.0 Å². The van der Waals surface area contributed by atoms with Gasteiger partial charge in [0.15, 0.2) is 0 Å². The van der Waals surface area contributed by atoms with Crippen molar-refractivity contribution in [3.63, 3.8) is 0 Å². The van der Waals surface area contributed by atoms with E-state index in [-0.39, 0.29) is 30.6 Å². The number of sulfonamides is 1. The summed E-state index contributed by atoms with van der Waals surface area (Å²) in [4.78, 5) is 28.5. The molecule has 10 heteroatoms. The number of carbonyl (C=O) groups is 2. The van der Waals surface area contributed by atoms with Crippen LogP contribution in [0.4, 0.5) is 4.79 Å². The molecule has 1 heterocycles. The number of urea groups is 1. The highest BCUT2D eigenvalue weighted by molar-refractivity contribution is 7.89. The van der Waals surface area contributed by atoms with Crippen LogP contribution < -0.4 is 4.74 Å². The average Bonchev–Trinajstić information content (AvgIpc) is 2.83. The van der Waals surface area contributed by atoms with Crippen molar-refractivity contribution in [3.05, 3.63) is 60.2 Å². The number of ether oxygens (including phenoxy) is 2. The number of benzene rings is 2. The van der Waals surface area contributed by atoms with Crippen LogP contribution in [0.15, 0.2) is 59.5 Å². The predicted octanol–water partition coefficient (Wildman–Crippen LogP) is 1.80. The lowest BCUT2D eigenvalue weighted by molar-refractivity contribution is -0.146. The average molecular weight is 462 g/mol. The summed E-state index contributed by atoms with van der Waals surface area (Å²) in [5.74, 6) is -0.198. The zero-order valence-electron chi connectivity index (χ0n) is 18.3. The van der Waals surface area contributed by atoms with E-state index in [1.807, 2.05) is 30.3 Å². The van der Waals surface area contributed by atoms with Gasteiger partial charge in [-0.1, -0.05) is 30.3 Å². The molecule has 0 aromatic heterocycles. The van der Waals surface area contributed by atoms with Gasteiger partial charge in [-0.15, -0.1) is 0 Å². The molecule has 1 fully saturated rings. The summed E-state index contributed by atoms with van der Waals surface area (Å²) in [6, 6.07) is 14.0. The van der Waals surface area contributed by atoms with Crippen molar-refractivity contribution < 1.29 is 27.5 Å². The van der Waals surface area contributed by atoms with Crippen LogP contribution in [0.2, 0.25) is 0 Å². The van der Waals surface area contributed by atoms with E-state index in [1.165, 1.54) is 36.2 Å². The predicted molar refractivity (Wildman–Crippen MR) is 118 cm³/mol. The van der Waals surface area contributed by atoms with Gasteiger partial charge >= 0.3 is 12.0 Å². The fourth-order valence-corrected chi connectivity index (χ4v) is 5.17. The number of nitrogens with zero attached hydrogens (tertiary/aromatic N) is 3. The molecule has 1 aliphatic heterocycles. The Balaban J connectivity index is 1.78. The van der Waals surface area contributed by atoms with Crippen molar-refractivity contribution in [1.29, 1.82) is 0 Å². The summed E-state index contributed by atoms with van der Waals surface area (Å²) in [5.41, 5.74) is 0.966. The summed E-state index contributed by atoms with van der Waals surface area (Å²) in [6.07, 6.45) is 0. The minimum Gasteiger partial charge on any atom is -0.497 e. The van der Waals surface area contributed by atoms with E-state index in [2.05, 4.69) is 0 Å². The smallest absolute Gasteiger partial charge is 0.326 e. The Bertz CT molecular complexity index is 1040. The minimum atomic E-state index is -3.98. The van der Waals surface area contributed by atoms with E-state index in [1.54, 1.807) is 19.2 Å². The summed E-state index contributed by atoms with van der Waals surface area (Å²) >= 11 is 0. The van der Waals surface area contributed by atoms with Crippen LogP contribution in [0.3, 0.4) is 0 Å². The Hall–Kier alpha value is -3.11. The molecule has 32 heavy (non-hydrogen) atoms. The largest absolute Gasteiger partial charge is 0.497 e. The molecule has 0 N–H and O–H groups in total. The molecular weight excluding hydrogens is 434 g/mol. The maximum Gasteiger partial charge on any atom is 0.326 e. The van der Waals surface area contributed by atoms with E-state index in [4.69, 9.17) is 9.47 Å². The first-order chi connectivity index (χ1) is 15.3. The first-order valence-corrected chi connectivity index (χ1v) is 11.5. The van der Waals surface area contributed by atoms with Gasteiger partial charge < -0.3 is 19.3 Å². The Labute approximate surface area is 188 Å². The maximum absolute atomic E-state index is 13.2. The number of hydrogen-bond acceptors (Lipinski definition) is 6. The SMILES string of the molecule is COC(=O)C1CN(C(=O)N(C)Cc2ccccc2)CCN1S(=O)(=O)c1ccc(OC)cc1. The number of methoxy groups -OCH3 is 2. The number of piperazine rings is 1. The van der Waals surface area contributed by atoms with Crippen molar-refractivity contribution >= 4 is 22.0 Å². The molecule has 1 atom stereocenters. The second kappa shape index (κ2) is 10.0. The first-order valence-electron chi connectivity index (χ1n) is 10.1. The van der Waals surface area contributed by atoms with Crippen LogP contribution in [0, 0.1) is 0 Å². The van der Waals surface area contributed by atoms with Crippen molar-refractivity contribution in [2.24, 2.45) is 0 Å². The number of esters is 1. The Morgan fingerprint density at radius 3 is 2.28 bits per heavy atom. The zero-order chi connectivity index (χ0) is 23.3. The fraction of sp³-hybridized carbons (Fsp3) is 0.364. The Morgan fingerprint density at radius 2 is 1.69 bits per heavy atom. The maximum atomic E-state index is 13.2. The second-order valence-corrected chi connectivity index (χ2v) is 9.29. The summed E-state index contributed by atoms with van der Waals surface area (Å²) in [7, 11) is 0.371.